The molecule has 2 aromatic heterocycles. The van der Waals surface area contributed by atoms with Crippen LogP contribution in [-0.2, 0) is 22.5 Å². The Morgan fingerprint density at radius 1 is 1.33 bits per heavy atom. The van der Waals surface area contributed by atoms with Crippen molar-refractivity contribution < 1.29 is 14.3 Å². The van der Waals surface area contributed by atoms with Crippen molar-refractivity contribution in [3.05, 3.63) is 57.0 Å². The second-order valence-corrected chi connectivity index (χ2v) is 7.72. The minimum absolute atomic E-state index is 0.0111. The second-order valence-electron chi connectivity index (χ2n) is 7.72. The van der Waals surface area contributed by atoms with E-state index in [2.05, 4.69) is 9.97 Å². The van der Waals surface area contributed by atoms with Gasteiger partial charge in [-0.25, -0.2) is 4.98 Å². The number of nitrogens with zero attached hydrogens (tertiary/aromatic N) is 4. The Balaban J connectivity index is 1.57. The lowest BCUT2D eigenvalue weighted by atomic mass is 10.0. The quantitative estimate of drug-likeness (QED) is 0.804. The molecule has 9 nitrogen and oxygen atoms in total. The molecule has 4 rings (SSSR count). The van der Waals surface area contributed by atoms with Gasteiger partial charge >= 0.3 is 0 Å². The van der Waals surface area contributed by atoms with Crippen LogP contribution in [0.25, 0.3) is 0 Å². The number of pyridine rings is 1. The van der Waals surface area contributed by atoms with Crippen molar-refractivity contribution in [2.24, 2.45) is 0 Å². The second kappa shape index (κ2) is 8.35. The number of aromatic amines is 1. The van der Waals surface area contributed by atoms with Gasteiger partial charge in [0.1, 0.15) is 12.4 Å². The number of hydrogen-bond acceptors (Lipinski definition) is 6. The van der Waals surface area contributed by atoms with Crippen LogP contribution in [0.1, 0.15) is 51.9 Å². The van der Waals surface area contributed by atoms with Crippen LogP contribution in [0.2, 0.25) is 0 Å². The molecule has 2 aliphatic heterocycles. The van der Waals surface area contributed by atoms with Gasteiger partial charge in [-0.05, 0) is 31.4 Å². The van der Waals surface area contributed by atoms with E-state index in [0.717, 1.165) is 18.4 Å². The third kappa shape index (κ3) is 3.72. The van der Waals surface area contributed by atoms with Crippen molar-refractivity contribution >= 4 is 11.8 Å². The zero-order chi connectivity index (χ0) is 21.3. The maximum absolute atomic E-state index is 12.9. The molecule has 1 fully saturated rings. The number of ether oxygens (including phenoxy) is 1. The Hall–Kier alpha value is -3.07. The van der Waals surface area contributed by atoms with Crippen LogP contribution in [0.3, 0.4) is 0 Å². The van der Waals surface area contributed by atoms with E-state index in [0.29, 0.717) is 42.2 Å². The van der Waals surface area contributed by atoms with E-state index in [9.17, 15) is 14.4 Å². The van der Waals surface area contributed by atoms with E-state index in [1.807, 2.05) is 6.92 Å². The van der Waals surface area contributed by atoms with Crippen LogP contribution in [0.15, 0.2) is 23.3 Å². The van der Waals surface area contributed by atoms with Gasteiger partial charge in [0, 0.05) is 44.6 Å². The van der Waals surface area contributed by atoms with E-state index in [1.165, 1.54) is 7.11 Å². The number of hydrogen-bond donors (Lipinski definition) is 1. The first-order valence-corrected chi connectivity index (χ1v) is 10.1. The number of aromatic nitrogens is 3. The number of aryl methyl sites for hydroxylation is 1. The molecule has 2 aromatic rings. The molecular formula is C21H25N5O4. The SMILES string of the molecule is COCC(=O)N1CCC[C@@H]1c1nc2c(c(=O)[nH]1)CN(C(=O)c1ccncc1C)CC2. The average Bonchev–Trinajstić information content (AvgIpc) is 3.24. The van der Waals surface area contributed by atoms with E-state index in [4.69, 9.17) is 9.72 Å². The summed E-state index contributed by atoms with van der Waals surface area (Å²) < 4.78 is 4.97. The number of rotatable bonds is 4. The number of methoxy groups -OCH3 is 1. The summed E-state index contributed by atoms with van der Waals surface area (Å²) >= 11 is 0. The van der Waals surface area contributed by atoms with E-state index >= 15 is 0 Å². The molecule has 9 heteroatoms. The highest BCUT2D eigenvalue weighted by Gasteiger charge is 2.33. The molecule has 0 aliphatic carbocycles. The van der Waals surface area contributed by atoms with Crippen molar-refractivity contribution in [2.75, 3.05) is 26.8 Å². The first-order chi connectivity index (χ1) is 14.5. The Labute approximate surface area is 174 Å². The van der Waals surface area contributed by atoms with Gasteiger partial charge in [-0.1, -0.05) is 0 Å². The fourth-order valence-corrected chi connectivity index (χ4v) is 4.22. The van der Waals surface area contributed by atoms with E-state index in [1.54, 1.807) is 28.3 Å². The highest BCUT2D eigenvalue weighted by Crippen LogP contribution is 2.30. The Morgan fingerprint density at radius 2 is 2.17 bits per heavy atom. The molecule has 158 valence electrons. The molecule has 1 saturated heterocycles. The third-order valence-corrected chi connectivity index (χ3v) is 5.78. The molecule has 0 radical (unpaired) electrons. The lowest BCUT2D eigenvalue weighted by Crippen LogP contribution is -2.41. The average molecular weight is 411 g/mol. The van der Waals surface area contributed by atoms with Gasteiger partial charge < -0.3 is 19.5 Å². The molecule has 2 amide bonds. The van der Waals surface area contributed by atoms with Gasteiger partial charge in [-0.15, -0.1) is 0 Å². The molecule has 2 aliphatic rings. The fraction of sp³-hybridized carbons (Fsp3) is 0.476. The van der Waals surface area contributed by atoms with Crippen molar-refractivity contribution in [3.8, 4) is 0 Å². The van der Waals surface area contributed by atoms with E-state index < -0.39 is 0 Å². The molecule has 0 unspecified atom stereocenters. The molecular weight excluding hydrogens is 386 g/mol. The maximum atomic E-state index is 12.9. The summed E-state index contributed by atoms with van der Waals surface area (Å²) in [6, 6.07) is 1.45. The predicted molar refractivity (Wildman–Crippen MR) is 108 cm³/mol. The van der Waals surface area contributed by atoms with Gasteiger partial charge in [0.2, 0.25) is 5.91 Å². The van der Waals surface area contributed by atoms with Crippen LogP contribution in [0.5, 0.6) is 0 Å². The topological polar surface area (TPSA) is 108 Å². The molecule has 0 saturated carbocycles. The number of fused-ring (bicyclic) bond motifs is 1. The summed E-state index contributed by atoms with van der Waals surface area (Å²) in [6.07, 6.45) is 5.36. The minimum atomic E-state index is -0.246. The maximum Gasteiger partial charge on any atom is 0.256 e. The molecule has 0 aromatic carbocycles. The monoisotopic (exact) mass is 411 g/mol. The number of H-pyrrole nitrogens is 1. The number of nitrogens with one attached hydrogen (secondary N) is 1. The fourth-order valence-electron chi connectivity index (χ4n) is 4.22. The molecule has 4 heterocycles. The van der Waals surface area contributed by atoms with Crippen LogP contribution in [-0.4, -0.2) is 63.4 Å². The Morgan fingerprint density at radius 3 is 2.93 bits per heavy atom. The lowest BCUT2D eigenvalue weighted by Gasteiger charge is -2.29. The van der Waals surface area contributed by atoms with Gasteiger partial charge in [-0.3, -0.25) is 19.4 Å². The minimum Gasteiger partial charge on any atom is -0.375 e. The summed E-state index contributed by atoms with van der Waals surface area (Å²) in [4.78, 5) is 53.0. The first kappa shape index (κ1) is 20.2. The molecule has 30 heavy (non-hydrogen) atoms. The highest BCUT2D eigenvalue weighted by atomic mass is 16.5. The number of likely N-dealkylation sites (tertiary alicyclic amines) is 1. The first-order valence-electron chi connectivity index (χ1n) is 10.1. The van der Waals surface area contributed by atoms with Crippen LogP contribution in [0.4, 0.5) is 0 Å². The van der Waals surface area contributed by atoms with Crippen LogP contribution < -0.4 is 5.56 Å². The Kier molecular flexibility index (Phi) is 5.63. The predicted octanol–water partition coefficient (Wildman–Crippen LogP) is 0.982. The summed E-state index contributed by atoms with van der Waals surface area (Å²) in [5, 5.41) is 0. The van der Waals surface area contributed by atoms with Crippen LogP contribution in [0, 0.1) is 6.92 Å². The standard InChI is InChI=1S/C21H25N5O4/c1-13-10-22-7-5-14(13)21(29)25-9-6-16-15(11-25)20(28)24-19(23-16)17-4-3-8-26(17)18(27)12-30-2/h5,7,10,17H,3-4,6,8-9,11-12H2,1-2H3,(H,23,24,28)/t17-/m1/s1. The summed E-state index contributed by atoms with van der Waals surface area (Å²) in [7, 11) is 1.49. The van der Waals surface area contributed by atoms with Crippen molar-refractivity contribution in [2.45, 2.75) is 38.8 Å². The normalized spacial score (nSPS) is 18.4. The van der Waals surface area contributed by atoms with Gasteiger partial charge in [-0.2, -0.15) is 0 Å². The highest BCUT2D eigenvalue weighted by molar-refractivity contribution is 5.95. The number of amides is 2. The third-order valence-electron chi connectivity index (χ3n) is 5.78. The van der Waals surface area contributed by atoms with Gasteiger partial charge in [0.25, 0.3) is 11.5 Å². The molecule has 0 spiro atoms. The zero-order valence-electron chi connectivity index (χ0n) is 17.2. The van der Waals surface area contributed by atoms with Crippen LogP contribution >= 0.6 is 0 Å². The summed E-state index contributed by atoms with van der Waals surface area (Å²) in [5.74, 6) is 0.298. The smallest absolute Gasteiger partial charge is 0.256 e. The van der Waals surface area contributed by atoms with Crippen molar-refractivity contribution in [1.29, 1.82) is 0 Å². The lowest BCUT2D eigenvalue weighted by molar-refractivity contribution is -0.136. The number of carbonyl (C=O) groups excluding carboxylic acids is 2. The van der Waals surface area contributed by atoms with Crippen molar-refractivity contribution in [1.82, 2.24) is 24.8 Å². The van der Waals surface area contributed by atoms with E-state index in [-0.39, 0.29) is 36.6 Å². The number of carbonyl (C=O) groups is 2. The molecule has 0 bridgehead atoms. The molecule has 1 atom stereocenters. The Bertz CT molecular complexity index is 1030. The van der Waals surface area contributed by atoms with Crippen molar-refractivity contribution in [3.63, 3.8) is 0 Å². The van der Waals surface area contributed by atoms with Gasteiger partial charge in [0.15, 0.2) is 0 Å². The summed E-state index contributed by atoms with van der Waals surface area (Å²) in [6.45, 7) is 3.19. The zero-order valence-corrected chi connectivity index (χ0v) is 17.2. The van der Waals surface area contributed by atoms with Gasteiger partial charge in [0.05, 0.1) is 23.8 Å². The summed E-state index contributed by atoms with van der Waals surface area (Å²) in [5.41, 5.74) is 2.36. The molecule has 1 N–H and O–H groups in total. The largest absolute Gasteiger partial charge is 0.375 e.